The van der Waals surface area contributed by atoms with E-state index in [9.17, 15) is 15.0 Å². The summed E-state index contributed by atoms with van der Waals surface area (Å²) in [5.74, 6) is 0.399. The van der Waals surface area contributed by atoms with E-state index < -0.39 is 12.1 Å². The third-order valence-electron chi connectivity index (χ3n) is 3.91. The second-order valence-corrected chi connectivity index (χ2v) is 5.58. The van der Waals surface area contributed by atoms with E-state index in [1.165, 1.54) is 0 Å². The van der Waals surface area contributed by atoms with Gasteiger partial charge in [0.1, 0.15) is 0 Å². The zero-order valence-corrected chi connectivity index (χ0v) is 10.3. The highest BCUT2D eigenvalue weighted by Gasteiger charge is 2.41. The molecule has 1 heterocycles. The highest BCUT2D eigenvalue weighted by atomic mass is 16.6. The van der Waals surface area contributed by atoms with Gasteiger partial charge in [0.15, 0.2) is 6.10 Å². The number of ether oxygens (including phenoxy) is 1. The number of fused-ring (bicyclic) bond motifs is 1. The van der Waals surface area contributed by atoms with E-state index in [2.05, 4.69) is 0 Å². The Bertz CT molecular complexity index is 279. The van der Waals surface area contributed by atoms with Crippen LogP contribution in [0.25, 0.3) is 0 Å². The number of aliphatic hydroxyl groups excluding tert-OH is 2. The van der Waals surface area contributed by atoms with Crippen LogP contribution in [0.3, 0.4) is 0 Å². The van der Waals surface area contributed by atoms with Crippen LogP contribution < -0.4 is 0 Å². The Labute approximate surface area is 102 Å². The van der Waals surface area contributed by atoms with Crippen LogP contribution >= 0.6 is 0 Å². The summed E-state index contributed by atoms with van der Waals surface area (Å²) >= 11 is 0. The van der Waals surface area contributed by atoms with Crippen molar-refractivity contribution in [2.75, 3.05) is 0 Å². The Morgan fingerprint density at radius 1 is 1.12 bits per heavy atom. The minimum absolute atomic E-state index is 0.168. The van der Waals surface area contributed by atoms with Crippen molar-refractivity contribution in [3.05, 3.63) is 0 Å². The van der Waals surface area contributed by atoms with Gasteiger partial charge in [-0.15, -0.1) is 0 Å². The van der Waals surface area contributed by atoms with Crippen molar-refractivity contribution in [2.45, 2.75) is 63.8 Å². The van der Waals surface area contributed by atoms with E-state index in [1.807, 2.05) is 6.92 Å². The molecule has 0 aromatic rings. The predicted molar refractivity (Wildman–Crippen MR) is 62.2 cm³/mol. The number of esters is 1. The molecule has 2 N–H and O–H groups in total. The predicted octanol–water partition coefficient (Wildman–Crippen LogP) is 1.24. The number of rotatable bonds is 0. The standard InChI is InChI=1S/C13H22O4/c1-8-3-2-4-11(14)6-9-5-10(9)7-12(15)13(16)17-8/h8-12,14-15H,2-7H2,1H3. The molecule has 2 fully saturated rings. The van der Waals surface area contributed by atoms with Crippen LogP contribution in [0, 0.1) is 11.8 Å². The zero-order chi connectivity index (χ0) is 12.4. The van der Waals surface area contributed by atoms with E-state index in [0.717, 1.165) is 32.1 Å². The van der Waals surface area contributed by atoms with Crippen molar-refractivity contribution in [1.82, 2.24) is 0 Å². The SMILES string of the molecule is CC1CCCC(O)CC2CC2CC(O)C(=O)O1. The van der Waals surface area contributed by atoms with Crippen LogP contribution in [0.5, 0.6) is 0 Å². The van der Waals surface area contributed by atoms with Crippen molar-refractivity contribution in [3.8, 4) is 0 Å². The Morgan fingerprint density at radius 3 is 2.59 bits per heavy atom. The van der Waals surface area contributed by atoms with Crippen LogP contribution in [-0.4, -0.2) is 34.5 Å². The number of cyclic esters (lactones) is 1. The fourth-order valence-electron chi connectivity index (χ4n) is 2.71. The minimum atomic E-state index is -0.982. The number of hydrogen-bond donors (Lipinski definition) is 2. The molecule has 1 saturated carbocycles. The first-order chi connectivity index (χ1) is 8.06. The Hall–Kier alpha value is -0.610. The zero-order valence-electron chi connectivity index (χ0n) is 10.3. The van der Waals surface area contributed by atoms with Crippen LogP contribution in [-0.2, 0) is 9.53 Å². The highest BCUT2D eigenvalue weighted by Crippen LogP contribution is 2.45. The van der Waals surface area contributed by atoms with E-state index in [-0.39, 0.29) is 12.2 Å². The lowest BCUT2D eigenvalue weighted by molar-refractivity contribution is -0.159. The molecule has 0 radical (unpaired) electrons. The average molecular weight is 242 g/mol. The summed E-state index contributed by atoms with van der Waals surface area (Å²) in [4.78, 5) is 11.5. The number of carbonyl (C=O) groups is 1. The van der Waals surface area contributed by atoms with E-state index in [0.29, 0.717) is 18.3 Å². The lowest BCUT2D eigenvalue weighted by Gasteiger charge is -2.18. The van der Waals surface area contributed by atoms with Gasteiger partial charge in [-0.2, -0.15) is 0 Å². The fraction of sp³-hybridized carbons (Fsp3) is 0.923. The van der Waals surface area contributed by atoms with Gasteiger partial charge in [0.2, 0.25) is 0 Å². The second kappa shape index (κ2) is 5.36. The van der Waals surface area contributed by atoms with Gasteiger partial charge in [0, 0.05) is 0 Å². The van der Waals surface area contributed by atoms with Gasteiger partial charge < -0.3 is 14.9 Å². The lowest BCUT2D eigenvalue weighted by Crippen LogP contribution is -2.28. The summed E-state index contributed by atoms with van der Waals surface area (Å²) in [6.07, 6.45) is 3.36. The van der Waals surface area contributed by atoms with Crippen molar-refractivity contribution in [1.29, 1.82) is 0 Å². The molecule has 17 heavy (non-hydrogen) atoms. The summed E-state index contributed by atoms with van der Waals surface area (Å²) in [5, 5.41) is 19.5. The van der Waals surface area contributed by atoms with Gasteiger partial charge in [-0.1, -0.05) is 0 Å². The van der Waals surface area contributed by atoms with Crippen LogP contribution in [0.1, 0.15) is 45.4 Å². The molecular formula is C13H22O4. The van der Waals surface area contributed by atoms with Gasteiger partial charge in [-0.25, -0.2) is 4.79 Å². The smallest absolute Gasteiger partial charge is 0.335 e. The third-order valence-corrected chi connectivity index (χ3v) is 3.91. The van der Waals surface area contributed by atoms with Gasteiger partial charge in [0.05, 0.1) is 12.2 Å². The molecular weight excluding hydrogens is 220 g/mol. The Balaban J connectivity index is 1.92. The first-order valence-electron chi connectivity index (χ1n) is 6.63. The molecule has 98 valence electrons. The molecule has 1 saturated heterocycles. The molecule has 0 amide bonds. The fourth-order valence-corrected chi connectivity index (χ4v) is 2.71. The van der Waals surface area contributed by atoms with E-state index >= 15 is 0 Å². The molecule has 1 aliphatic heterocycles. The molecule has 2 rings (SSSR count). The minimum Gasteiger partial charge on any atom is -0.461 e. The first kappa shape index (κ1) is 12.8. The summed E-state index contributed by atoms with van der Waals surface area (Å²) < 4.78 is 5.17. The van der Waals surface area contributed by atoms with Crippen LogP contribution in [0.2, 0.25) is 0 Å². The van der Waals surface area contributed by atoms with Crippen LogP contribution in [0.15, 0.2) is 0 Å². The monoisotopic (exact) mass is 242 g/mol. The maximum absolute atomic E-state index is 11.5. The Kier molecular flexibility index (Phi) is 4.05. The molecule has 1 aliphatic carbocycles. The van der Waals surface area contributed by atoms with Gasteiger partial charge in [-0.3, -0.25) is 0 Å². The normalized spacial score (nSPS) is 43.9. The molecule has 0 aromatic carbocycles. The van der Waals surface area contributed by atoms with Gasteiger partial charge in [-0.05, 0) is 57.3 Å². The molecule has 4 heteroatoms. The van der Waals surface area contributed by atoms with Crippen molar-refractivity contribution < 1.29 is 19.7 Å². The molecule has 5 unspecified atom stereocenters. The van der Waals surface area contributed by atoms with E-state index in [1.54, 1.807) is 0 Å². The topological polar surface area (TPSA) is 66.8 Å². The quantitative estimate of drug-likeness (QED) is 0.627. The number of hydrogen-bond acceptors (Lipinski definition) is 4. The molecule has 0 spiro atoms. The molecule has 0 bridgehead atoms. The molecule has 5 atom stereocenters. The summed E-state index contributed by atoms with van der Waals surface area (Å²) in [6, 6.07) is 0. The molecule has 2 aliphatic rings. The molecule has 0 aromatic heterocycles. The second-order valence-electron chi connectivity index (χ2n) is 5.58. The largest absolute Gasteiger partial charge is 0.461 e. The highest BCUT2D eigenvalue weighted by molar-refractivity contribution is 5.74. The number of carbonyl (C=O) groups excluding carboxylic acids is 1. The summed E-state index contributed by atoms with van der Waals surface area (Å²) in [6.45, 7) is 1.84. The Morgan fingerprint density at radius 2 is 1.82 bits per heavy atom. The van der Waals surface area contributed by atoms with Crippen molar-refractivity contribution >= 4 is 5.97 Å². The van der Waals surface area contributed by atoms with Crippen LogP contribution in [0.4, 0.5) is 0 Å². The summed E-state index contributed by atoms with van der Waals surface area (Å²) in [7, 11) is 0. The first-order valence-corrected chi connectivity index (χ1v) is 6.63. The van der Waals surface area contributed by atoms with Crippen molar-refractivity contribution in [2.24, 2.45) is 11.8 Å². The third kappa shape index (κ3) is 3.68. The maximum Gasteiger partial charge on any atom is 0.335 e. The average Bonchev–Trinajstić information content (AvgIpc) is 2.94. The van der Waals surface area contributed by atoms with Gasteiger partial charge in [0.25, 0.3) is 0 Å². The molecule has 4 nitrogen and oxygen atoms in total. The maximum atomic E-state index is 11.5. The summed E-state index contributed by atoms with van der Waals surface area (Å²) in [5.41, 5.74) is 0. The number of aliphatic hydroxyl groups is 2. The lowest BCUT2D eigenvalue weighted by atomic mass is 10.0. The van der Waals surface area contributed by atoms with Crippen molar-refractivity contribution in [3.63, 3.8) is 0 Å². The van der Waals surface area contributed by atoms with Gasteiger partial charge >= 0.3 is 5.97 Å². The van der Waals surface area contributed by atoms with E-state index in [4.69, 9.17) is 4.74 Å².